The molecule has 0 aliphatic carbocycles. The Hall–Kier alpha value is -2.73. The number of hydrogen-bond donors (Lipinski definition) is 1. The third-order valence-corrected chi connectivity index (χ3v) is 3.79. The molecule has 10 heteroatoms. The second-order valence-corrected chi connectivity index (χ2v) is 5.39. The minimum absolute atomic E-state index is 0.00715. The van der Waals surface area contributed by atoms with Crippen molar-refractivity contribution in [3.63, 3.8) is 0 Å². The molecule has 0 saturated carbocycles. The van der Waals surface area contributed by atoms with Crippen molar-refractivity contribution in [3.8, 4) is 6.07 Å². The Morgan fingerprint density at radius 3 is 2.52 bits per heavy atom. The van der Waals surface area contributed by atoms with Crippen LogP contribution < -0.4 is 11.2 Å². The lowest BCUT2D eigenvalue weighted by Gasteiger charge is -2.09. The minimum Gasteiger partial charge on any atom is -0.308 e. The number of carbonyl (C=O) groups excluding carboxylic acids is 1. The van der Waals surface area contributed by atoms with Crippen LogP contribution in [0.15, 0.2) is 9.59 Å². The third kappa shape index (κ3) is 2.57. The van der Waals surface area contributed by atoms with Crippen molar-refractivity contribution in [2.45, 2.75) is 13.5 Å². The number of nitrogens with one attached hydrogen (secondary N) is 1. The molecule has 1 atom stereocenters. The van der Waals surface area contributed by atoms with E-state index in [1.165, 1.54) is 21.0 Å². The number of Topliss-reactive ketones (excluding diaryl/α,β-unsaturated/α-hetero) is 1. The fraction of sp³-hybridized carbons (Fsp3) is 0.385. The molecule has 0 fully saturated rings. The summed E-state index contributed by atoms with van der Waals surface area (Å²) in [5.41, 5.74) is -1.27. The molecule has 0 aromatic carbocycles. The predicted molar refractivity (Wildman–Crippen MR) is 82.7 cm³/mol. The fourth-order valence-electron chi connectivity index (χ4n) is 2.22. The highest BCUT2D eigenvalue weighted by molar-refractivity contribution is 6.29. The highest BCUT2D eigenvalue weighted by Crippen LogP contribution is 2.16. The van der Waals surface area contributed by atoms with E-state index in [-0.39, 0.29) is 22.2 Å². The molecule has 0 amide bonds. The van der Waals surface area contributed by atoms with E-state index in [0.717, 1.165) is 13.7 Å². The molecule has 2 heterocycles. The number of imidazole rings is 1. The van der Waals surface area contributed by atoms with Gasteiger partial charge in [-0.1, -0.05) is 0 Å². The summed E-state index contributed by atoms with van der Waals surface area (Å²) in [6.07, 6.45) is 0. The van der Waals surface area contributed by atoms with E-state index in [4.69, 9.17) is 22.3 Å². The van der Waals surface area contributed by atoms with Crippen molar-refractivity contribution in [3.05, 3.63) is 26.1 Å². The number of nitriles is 1. The number of nitrogens with zero attached hydrogens (tertiary/aromatic N) is 5. The molecule has 2 rings (SSSR count). The van der Waals surface area contributed by atoms with Gasteiger partial charge in [-0.05, 0) is 18.5 Å². The minimum atomic E-state index is -1.22. The summed E-state index contributed by atoms with van der Waals surface area (Å²) in [5, 5.41) is 16.3. The van der Waals surface area contributed by atoms with E-state index in [1.54, 1.807) is 6.07 Å². The van der Waals surface area contributed by atoms with Gasteiger partial charge in [0.25, 0.3) is 5.56 Å². The predicted octanol–water partition coefficient (Wildman–Crippen LogP) is -0.164. The summed E-state index contributed by atoms with van der Waals surface area (Å²) in [7, 11) is 2.73. The average molecular weight is 337 g/mol. The molecule has 0 bridgehead atoms. The van der Waals surface area contributed by atoms with Crippen LogP contribution in [0.25, 0.3) is 11.2 Å². The summed E-state index contributed by atoms with van der Waals surface area (Å²) >= 11 is 5.99. The van der Waals surface area contributed by atoms with E-state index in [0.29, 0.717) is 0 Å². The first-order valence-electron chi connectivity index (χ1n) is 6.49. The van der Waals surface area contributed by atoms with Gasteiger partial charge in [0.15, 0.2) is 16.9 Å². The van der Waals surface area contributed by atoms with Gasteiger partial charge in [0.05, 0.1) is 12.6 Å². The topological polar surface area (TPSA) is 127 Å². The number of aromatic nitrogens is 4. The van der Waals surface area contributed by atoms with Crippen molar-refractivity contribution in [1.29, 1.82) is 10.7 Å². The van der Waals surface area contributed by atoms with Gasteiger partial charge in [-0.3, -0.25) is 18.7 Å². The highest BCUT2D eigenvalue weighted by atomic mass is 35.5. The number of hydrogen-bond acceptors (Lipinski definition) is 6. The van der Waals surface area contributed by atoms with E-state index in [9.17, 15) is 14.4 Å². The van der Waals surface area contributed by atoms with Crippen LogP contribution in [0.4, 0.5) is 0 Å². The molecule has 1 N–H and O–H groups in total. The smallest absolute Gasteiger partial charge is 0.308 e. The standard InChI is InChI=1S/C13H13ClN6O3/c1-6(16)7(4-15)8(21)5-20-9-10(17-12(20)14)18(2)13(23)19(3)11(9)22/h7,16H,5H2,1-3H3. The van der Waals surface area contributed by atoms with E-state index >= 15 is 0 Å². The Balaban J connectivity index is 2.68. The van der Waals surface area contributed by atoms with Crippen LogP contribution >= 0.6 is 11.6 Å². The van der Waals surface area contributed by atoms with Gasteiger partial charge >= 0.3 is 5.69 Å². The molecule has 0 aliphatic rings. The summed E-state index contributed by atoms with van der Waals surface area (Å²) < 4.78 is 3.17. The second-order valence-electron chi connectivity index (χ2n) is 5.06. The zero-order valence-electron chi connectivity index (χ0n) is 12.6. The Kier molecular flexibility index (Phi) is 4.20. The molecule has 2 aromatic heterocycles. The van der Waals surface area contributed by atoms with Crippen molar-refractivity contribution < 1.29 is 4.79 Å². The van der Waals surface area contributed by atoms with Crippen LogP contribution in [0.2, 0.25) is 5.28 Å². The van der Waals surface area contributed by atoms with Crippen molar-refractivity contribution >= 4 is 34.3 Å². The number of aryl methyl sites for hydroxylation is 1. The van der Waals surface area contributed by atoms with Crippen molar-refractivity contribution in [2.75, 3.05) is 0 Å². The molecule has 23 heavy (non-hydrogen) atoms. The van der Waals surface area contributed by atoms with Crippen LogP contribution in [-0.2, 0) is 25.4 Å². The SMILES string of the molecule is CC(=N)C(C#N)C(=O)Cn1c(Cl)nc2c1c(=O)n(C)c(=O)n2C. The molecular formula is C13H13ClN6O3. The van der Waals surface area contributed by atoms with E-state index in [2.05, 4.69) is 4.98 Å². The first-order chi connectivity index (χ1) is 10.7. The van der Waals surface area contributed by atoms with Gasteiger partial charge < -0.3 is 9.98 Å². The highest BCUT2D eigenvalue weighted by Gasteiger charge is 2.24. The van der Waals surface area contributed by atoms with Gasteiger partial charge in [-0.25, -0.2) is 4.79 Å². The summed E-state index contributed by atoms with van der Waals surface area (Å²) in [6, 6.07) is 1.74. The molecule has 120 valence electrons. The number of fused-ring (bicyclic) bond motifs is 1. The maximum atomic E-state index is 12.3. The Morgan fingerprint density at radius 2 is 2.00 bits per heavy atom. The van der Waals surface area contributed by atoms with E-state index in [1.807, 2.05) is 0 Å². The normalized spacial score (nSPS) is 12.1. The lowest BCUT2D eigenvalue weighted by atomic mass is 10.0. The Bertz CT molecular complexity index is 990. The summed E-state index contributed by atoms with van der Waals surface area (Å²) in [6.45, 7) is 0.958. The summed E-state index contributed by atoms with van der Waals surface area (Å²) in [5.74, 6) is -1.81. The Labute approximate surface area is 134 Å². The Morgan fingerprint density at radius 1 is 1.39 bits per heavy atom. The van der Waals surface area contributed by atoms with Gasteiger partial charge in [0, 0.05) is 19.8 Å². The molecule has 0 spiro atoms. The molecule has 1 unspecified atom stereocenters. The van der Waals surface area contributed by atoms with E-state index < -0.39 is 29.5 Å². The average Bonchev–Trinajstić information content (AvgIpc) is 2.80. The molecule has 2 aromatic rings. The largest absolute Gasteiger partial charge is 0.332 e. The monoisotopic (exact) mass is 336 g/mol. The molecule has 0 radical (unpaired) electrons. The van der Waals surface area contributed by atoms with Gasteiger partial charge in [-0.2, -0.15) is 10.2 Å². The molecule has 9 nitrogen and oxygen atoms in total. The molecular weight excluding hydrogens is 324 g/mol. The molecule has 0 aliphatic heterocycles. The third-order valence-electron chi connectivity index (χ3n) is 3.50. The van der Waals surface area contributed by atoms with Crippen molar-refractivity contribution in [1.82, 2.24) is 18.7 Å². The number of rotatable bonds is 4. The maximum Gasteiger partial charge on any atom is 0.332 e. The van der Waals surface area contributed by atoms with Gasteiger partial charge in [-0.15, -0.1) is 0 Å². The number of ketones is 1. The first kappa shape index (κ1) is 16.6. The number of carbonyl (C=O) groups is 1. The van der Waals surface area contributed by atoms with Crippen LogP contribution in [0, 0.1) is 22.7 Å². The zero-order chi connectivity index (χ0) is 17.5. The van der Waals surface area contributed by atoms with Gasteiger partial charge in [0.1, 0.15) is 5.92 Å². The lowest BCUT2D eigenvalue weighted by molar-refractivity contribution is -0.120. The first-order valence-corrected chi connectivity index (χ1v) is 6.87. The quantitative estimate of drug-likeness (QED) is 0.613. The van der Waals surface area contributed by atoms with Crippen LogP contribution in [0.1, 0.15) is 6.92 Å². The second kappa shape index (κ2) is 5.81. The molecule has 0 saturated heterocycles. The zero-order valence-corrected chi connectivity index (χ0v) is 13.4. The van der Waals surface area contributed by atoms with Gasteiger partial charge in [0.2, 0.25) is 5.28 Å². The lowest BCUT2D eigenvalue weighted by Crippen LogP contribution is -2.38. The van der Waals surface area contributed by atoms with Crippen LogP contribution in [-0.4, -0.2) is 30.2 Å². The number of halogens is 1. The fourth-order valence-corrected chi connectivity index (χ4v) is 2.45. The van der Waals surface area contributed by atoms with Crippen LogP contribution in [0.3, 0.4) is 0 Å². The van der Waals surface area contributed by atoms with Crippen molar-refractivity contribution in [2.24, 2.45) is 20.0 Å². The summed E-state index contributed by atoms with van der Waals surface area (Å²) in [4.78, 5) is 40.3. The van der Waals surface area contributed by atoms with Crippen LogP contribution in [0.5, 0.6) is 0 Å². The maximum absolute atomic E-state index is 12.3.